The van der Waals surface area contributed by atoms with Crippen LogP contribution < -0.4 is 0 Å². The summed E-state index contributed by atoms with van der Waals surface area (Å²) in [6.07, 6.45) is 7.61. The molecule has 3 heteroatoms. The number of aliphatic hydroxyl groups is 2. The molecule has 0 aromatic heterocycles. The van der Waals surface area contributed by atoms with Crippen molar-refractivity contribution in [2.75, 3.05) is 6.61 Å². The third-order valence-corrected chi connectivity index (χ3v) is 6.41. The molecular weight excluding hydrogens is 288 g/mol. The minimum Gasteiger partial charge on any atom is -0.392 e. The number of allylic oxidation sites excluding steroid dienone is 5. The van der Waals surface area contributed by atoms with Gasteiger partial charge < -0.3 is 10.2 Å². The van der Waals surface area contributed by atoms with Crippen molar-refractivity contribution < 1.29 is 15.0 Å². The summed E-state index contributed by atoms with van der Waals surface area (Å²) in [5, 5.41) is 20.0. The first-order chi connectivity index (χ1) is 10.7. The van der Waals surface area contributed by atoms with Crippen LogP contribution in [0, 0.1) is 22.7 Å². The Labute approximate surface area is 138 Å². The largest absolute Gasteiger partial charge is 0.392 e. The average molecular weight is 316 g/mol. The predicted octanol–water partition coefficient (Wildman–Crippen LogP) is 3.18. The lowest BCUT2D eigenvalue weighted by Gasteiger charge is -2.48. The molecule has 0 bridgehead atoms. The van der Waals surface area contributed by atoms with Crippen LogP contribution in [0.15, 0.2) is 34.9 Å². The summed E-state index contributed by atoms with van der Waals surface area (Å²) >= 11 is 0. The van der Waals surface area contributed by atoms with E-state index in [4.69, 9.17) is 0 Å². The Morgan fingerprint density at radius 3 is 2.61 bits per heavy atom. The molecule has 3 nitrogen and oxygen atoms in total. The summed E-state index contributed by atoms with van der Waals surface area (Å²) in [5.74, 6) is 0.510. The molecule has 0 aliphatic heterocycles. The van der Waals surface area contributed by atoms with E-state index >= 15 is 0 Å². The highest BCUT2D eigenvalue weighted by atomic mass is 16.3. The zero-order valence-electron chi connectivity index (χ0n) is 14.6. The fourth-order valence-corrected chi connectivity index (χ4v) is 4.74. The third kappa shape index (κ3) is 2.36. The molecule has 23 heavy (non-hydrogen) atoms. The van der Waals surface area contributed by atoms with Gasteiger partial charge in [-0.1, -0.05) is 45.4 Å². The molecule has 0 aromatic rings. The molecular formula is C20H28O3. The third-order valence-electron chi connectivity index (χ3n) is 6.41. The second-order valence-electron chi connectivity index (χ2n) is 8.24. The molecule has 0 aromatic carbocycles. The normalized spacial score (nSPS) is 40.1. The fraction of sp³-hybridized carbons (Fsp3) is 0.650. The lowest BCUT2D eigenvalue weighted by Crippen LogP contribution is -2.44. The highest BCUT2D eigenvalue weighted by Crippen LogP contribution is 2.60. The minimum atomic E-state index is -0.736. The Hall–Kier alpha value is -1.19. The molecule has 3 aliphatic carbocycles. The van der Waals surface area contributed by atoms with Crippen molar-refractivity contribution in [3.63, 3.8) is 0 Å². The number of carbonyl (C=O) groups is 1. The van der Waals surface area contributed by atoms with Crippen molar-refractivity contribution in [1.82, 2.24) is 0 Å². The predicted molar refractivity (Wildman–Crippen MR) is 90.7 cm³/mol. The van der Waals surface area contributed by atoms with Crippen LogP contribution in [0.5, 0.6) is 0 Å². The molecule has 126 valence electrons. The van der Waals surface area contributed by atoms with Crippen LogP contribution in [0.3, 0.4) is 0 Å². The number of aliphatic hydroxyl groups excluding tert-OH is 2. The number of hydrogen-bond donors (Lipinski definition) is 2. The Morgan fingerprint density at radius 1 is 1.30 bits per heavy atom. The highest BCUT2D eigenvalue weighted by Gasteiger charge is 2.54. The molecule has 4 atom stereocenters. The minimum absolute atomic E-state index is 0.00744. The number of carbonyl (C=O) groups excluding carboxylic acids is 1. The van der Waals surface area contributed by atoms with E-state index in [2.05, 4.69) is 32.9 Å². The summed E-state index contributed by atoms with van der Waals surface area (Å²) in [6, 6.07) is 0. The van der Waals surface area contributed by atoms with Crippen molar-refractivity contribution in [3.05, 3.63) is 34.9 Å². The molecule has 0 unspecified atom stereocenters. The molecule has 0 saturated heterocycles. The zero-order chi connectivity index (χ0) is 17.0. The van der Waals surface area contributed by atoms with Crippen molar-refractivity contribution in [2.24, 2.45) is 22.7 Å². The molecule has 3 aliphatic rings. The summed E-state index contributed by atoms with van der Waals surface area (Å²) in [6.45, 7) is 8.44. The lowest BCUT2D eigenvalue weighted by atomic mass is 9.54. The van der Waals surface area contributed by atoms with Crippen molar-refractivity contribution in [1.29, 1.82) is 0 Å². The van der Waals surface area contributed by atoms with Crippen LogP contribution in [0.25, 0.3) is 0 Å². The van der Waals surface area contributed by atoms with E-state index in [0.29, 0.717) is 17.9 Å². The van der Waals surface area contributed by atoms with Gasteiger partial charge in [-0.05, 0) is 48.3 Å². The molecule has 2 N–H and O–H groups in total. The molecule has 1 saturated carbocycles. The first kappa shape index (κ1) is 16.7. The average Bonchev–Trinajstić information content (AvgIpc) is 2.81. The van der Waals surface area contributed by atoms with Gasteiger partial charge in [-0.15, -0.1) is 0 Å². The maximum Gasteiger partial charge on any atom is 0.162 e. The number of fused-ring (bicyclic) bond motifs is 3. The zero-order valence-corrected chi connectivity index (χ0v) is 14.6. The molecule has 0 heterocycles. The van der Waals surface area contributed by atoms with E-state index in [1.165, 1.54) is 17.2 Å². The summed E-state index contributed by atoms with van der Waals surface area (Å²) < 4.78 is 0. The Balaban J connectivity index is 2.14. The van der Waals surface area contributed by atoms with Gasteiger partial charge in [0.25, 0.3) is 0 Å². The first-order valence-electron chi connectivity index (χ1n) is 8.70. The van der Waals surface area contributed by atoms with Gasteiger partial charge in [0.2, 0.25) is 0 Å². The van der Waals surface area contributed by atoms with Crippen LogP contribution >= 0.6 is 0 Å². The molecule has 0 amide bonds. The highest BCUT2D eigenvalue weighted by molar-refractivity contribution is 5.96. The van der Waals surface area contributed by atoms with Crippen LogP contribution in [0.2, 0.25) is 0 Å². The second kappa shape index (κ2) is 5.42. The molecule has 0 radical (unpaired) electrons. The standard InChI is InChI=1S/C20H28O3/c1-12(2)14-5-6-19(3)7-8-20(4)15(18(14)19)10-16(22)13(11-21)9-17(20)23/h5-6,9,12,15-16,21-22H,7-8,10-11H2,1-4H3/t15-,16+,19+,20-/m1/s1. The van der Waals surface area contributed by atoms with E-state index in [0.717, 1.165) is 12.8 Å². The van der Waals surface area contributed by atoms with Gasteiger partial charge in [-0.25, -0.2) is 0 Å². The van der Waals surface area contributed by atoms with Crippen molar-refractivity contribution >= 4 is 5.78 Å². The maximum absolute atomic E-state index is 12.9. The topological polar surface area (TPSA) is 57.5 Å². The van der Waals surface area contributed by atoms with Gasteiger partial charge in [0, 0.05) is 10.8 Å². The van der Waals surface area contributed by atoms with Crippen LogP contribution in [0.4, 0.5) is 0 Å². The smallest absolute Gasteiger partial charge is 0.162 e. The number of ketones is 1. The second-order valence-corrected chi connectivity index (χ2v) is 8.24. The summed E-state index contributed by atoms with van der Waals surface area (Å²) in [4.78, 5) is 12.9. The quantitative estimate of drug-likeness (QED) is 0.822. The molecule has 1 fully saturated rings. The van der Waals surface area contributed by atoms with E-state index in [1.54, 1.807) is 0 Å². The van der Waals surface area contributed by atoms with E-state index in [9.17, 15) is 15.0 Å². The van der Waals surface area contributed by atoms with Gasteiger partial charge >= 0.3 is 0 Å². The van der Waals surface area contributed by atoms with Crippen molar-refractivity contribution in [3.8, 4) is 0 Å². The Morgan fingerprint density at radius 2 is 2.00 bits per heavy atom. The lowest BCUT2D eigenvalue weighted by molar-refractivity contribution is -0.127. The van der Waals surface area contributed by atoms with Gasteiger partial charge in [-0.2, -0.15) is 0 Å². The molecule has 0 spiro atoms. The SMILES string of the molecule is CC(C)C1=C2[C@H]3C[C@H](O)C(CO)=CC(=O)[C@]3(C)CC[C@]2(C)C=C1. The maximum atomic E-state index is 12.9. The van der Waals surface area contributed by atoms with Gasteiger partial charge in [0.1, 0.15) is 0 Å². The van der Waals surface area contributed by atoms with E-state index < -0.39 is 11.5 Å². The number of hydrogen-bond acceptors (Lipinski definition) is 3. The van der Waals surface area contributed by atoms with Crippen LogP contribution in [-0.4, -0.2) is 28.7 Å². The Kier molecular flexibility index (Phi) is 3.93. The van der Waals surface area contributed by atoms with Crippen LogP contribution in [-0.2, 0) is 4.79 Å². The monoisotopic (exact) mass is 316 g/mol. The summed E-state index contributed by atoms with van der Waals surface area (Å²) in [5.41, 5.74) is 2.67. The van der Waals surface area contributed by atoms with Crippen LogP contribution in [0.1, 0.15) is 47.0 Å². The molecule has 3 rings (SSSR count). The summed E-state index contributed by atoms with van der Waals surface area (Å²) in [7, 11) is 0. The van der Waals surface area contributed by atoms with Gasteiger partial charge in [0.05, 0.1) is 12.7 Å². The van der Waals surface area contributed by atoms with E-state index in [-0.39, 0.29) is 23.7 Å². The van der Waals surface area contributed by atoms with Gasteiger partial charge in [0.15, 0.2) is 5.78 Å². The first-order valence-corrected chi connectivity index (χ1v) is 8.70. The van der Waals surface area contributed by atoms with Crippen molar-refractivity contribution in [2.45, 2.75) is 53.1 Å². The van der Waals surface area contributed by atoms with E-state index in [1.807, 2.05) is 6.92 Å². The number of rotatable bonds is 2. The van der Waals surface area contributed by atoms with Gasteiger partial charge in [-0.3, -0.25) is 4.79 Å². The Bertz CT molecular complexity index is 625. The fourth-order valence-electron chi connectivity index (χ4n) is 4.74.